The van der Waals surface area contributed by atoms with Gasteiger partial charge in [0, 0.05) is 50.4 Å². The van der Waals surface area contributed by atoms with Gasteiger partial charge in [0.2, 0.25) is 0 Å². The Bertz CT molecular complexity index is 796. The molecule has 2 rings (SSSR count). The number of carbonyl (C=O) groups excluding carboxylic acids is 2. The van der Waals surface area contributed by atoms with Crippen LogP contribution in [0.15, 0.2) is 24.3 Å². The summed E-state index contributed by atoms with van der Waals surface area (Å²) in [5, 5.41) is 12.1. The maximum Gasteiger partial charge on any atom is 0.410 e. The summed E-state index contributed by atoms with van der Waals surface area (Å²) in [6, 6.07) is 7.34. The van der Waals surface area contributed by atoms with E-state index in [2.05, 4.69) is 17.1 Å². The summed E-state index contributed by atoms with van der Waals surface area (Å²) < 4.78 is 5.53. The van der Waals surface area contributed by atoms with E-state index in [4.69, 9.17) is 9.84 Å². The Morgan fingerprint density at radius 2 is 1.30 bits per heavy atom. The first-order valence-corrected chi connectivity index (χ1v) is 16.3. The van der Waals surface area contributed by atoms with Gasteiger partial charge in [0.25, 0.3) is 5.91 Å². The molecule has 7 nitrogen and oxygen atoms in total. The fraction of sp³-hybridized carbons (Fsp3) is 0.758. The van der Waals surface area contributed by atoms with E-state index >= 15 is 0 Å². The molecule has 1 fully saturated rings. The van der Waals surface area contributed by atoms with E-state index in [9.17, 15) is 9.59 Å². The van der Waals surface area contributed by atoms with Gasteiger partial charge in [0.15, 0.2) is 0 Å². The molecule has 0 aliphatic carbocycles. The molecule has 40 heavy (non-hydrogen) atoms. The quantitative estimate of drug-likeness (QED) is 0.151. The number of benzene rings is 1. The highest BCUT2D eigenvalue weighted by Gasteiger charge is 2.22. The molecule has 1 saturated heterocycles. The SMILES string of the molecule is CCCCCCCCCCCCCCCCCCNC(=O)c1ccccc1COC(=O)N1CCN(CCO)CC1. The molecule has 0 radical (unpaired) electrons. The molecular formula is C33H57N3O4. The summed E-state index contributed by atoms with van der Waals surface area (Å²) in [6.07, 6.45) is 21.0. The van der Waals surface area contributed by atoms with Gasteiger partial charge in [-0.1, -0.05) is 121 Å². The van der Waals surface area contributed by atoms with Crippen LogP contribution in [0.2, 0.25) is 0 Å². The number of piperazine rings is 1. The van der Waals surface area contributed by atoms with Crippen molar-refractivity contribution in [3.8, 4) is 0 Å². The summed E-state index contributed by atoms with van der Waals surface area (Å²) >= 11 is 0. The molecule has 0 aromatic heterocycles. The predicted molar refractivity (Wildman–Crippen MR) is 164 cm³/mol. The summed E-state index contributed by atoms with van der Waals surface area (Å²) in [5.41, 5.74) is 1.29. The molecule has 0 spiro atoms. The lowest BCUT2D eigenvalue weighted by molar-refractivity contribution is 0.0668. The Morgan fingerprint density at radius 3 is 1.85 bits per heavy atom. The third-order valence-corrected chi connectivity index (χ3v) is 7.98. The highest BCUT2D eigenvalue weighted by atomic mass is 16.6. The second-order valence-corrected chi connectivity index (χ2v) is 11.3. The first kappa shape index (κ1) is 34.1. The largest absolute Gasteiger partial charge is 0.445 e. The number of unbranched alkanes of at least 4 members (excludes halogenated alkanes) is 15. The molecule has 1 aliphatic rings. The summed E-state index contributed by atoms with van der Waals surface area (Å²) in [4.78, 5) is 29.1. The highest BCUT2D eigenvalue weighted by molar-refractivity contribution is 5.95. The summed E-state index contributed by atoms with van der Waals surface area (Å²) in [5.74, 6) is -0.106. The van der Waals surface area contributed by atoms with Crippen LogP contribution in [0.4, 0.5) is 4.79 Å². The van der Waals surface area contributed by atoms with Crippen LogP contribution in [0.3, 0.4) is 0 Å². The smallest absolute Gasteiger partial charge is 0.410 e. The van der Waals surface area contributed by atoms with Gasteiger partial charge < -0.3 is 20.1 Å². The Morgan fingerprint density at radius 1 is 0.775 bits per heavy atom. The normalized spacial score (nSPS) is 13.9. The number of carbonyl (C=O) groups is 2. The van der Waals surface area contributed by atoms with Gasteiger partial charge in [0.05, 0.1) is 6.61 Å². The minimum atomic E-state index is -0.355. The number of nitrogens with one attached hydrogen (secondary N) is 1. The Labute approximate surface area is 244 Å². The zero-order valence-corrected chi connectivity index (χ0v) is 25.3. The molecule has 7 heteroatoms. The van der Waals surface area contributed by atoms with E-state index in [0.717, 1.165) is 31.5 Å². The van der Waals surface area contributed by atoms with E-state index in [1.807, 2.05) is 18.2 Å². The van der Waals surface area contributed by atoms with Crippen LogP contribution in [0.25, 0.3) is 0 Å². The maximum atomic E-state index is 12.8. The lowest BCUT2D eigenvalue weighted by Crippen LogP contribution is -2.49. The molecule has 1 aromatic rings. The van der Waals surface area contributed by atoms with Crippen molar-refractivity contribution in [2.24, 2.45) is 0 Å². The van der Waals surface area contributed by atoms with Gasteiger partial charge in [-0.05, 0) is 12.5 Å². The van der Waals surface area contributed by atoms with Gasteiger partial charge in [-0.25, -0.2) is 4.79 Å². The first-order valence-electron chi connectivity index (χ1n) is 16.3. The molecule has 0 unspecified atom stereocenters. The second kappa shape index (κ2) is 22.6. The fourth-order valence-corrected chi connectivity index (χ4v) is 5.36. The number of aliphatic hydroxyl groups is 1. The van der Waals surface area contributed by atoms with Crippen LogP contribution >= 0.6 is 0 Å². The van der Waals surface area contributed by atoms with Crippen molar-refractivity contribution in [1.29, 1.82) is 0 Å². The molecule has 228 valence electrons. The summed E-state index contributed by atoms with van der Waals surface area (Å²) in [7, 11) is 0. The van der Waals surface area contributed by atoms with Crippen molar-refractivity contribution in [2.45, 2.75) is 116 Å². The molecule has 0 atom stereocenters. The van der Waals surface area contributed by atoms with E-state index in [0.29, 0.717) is 31.7 Å². The highest BCUT2D eigenvalue weighted by Crippen LogP contribution is 2.15. The zero-order valence-electron chi connectivity index (χ0n) is 25.3. The molecule has 1 heterocycles. The summed E-state index contributed by atoms with van der Waals surface area (Å²) in [6.45, 7) is 6.41. The lowest BCUT2D eigenvalue weighted by atomic mass is 10.0. The zero-order chi connectivity index (χ0) is 28.7. The average molecular weight is 560 g/mol. The standard InChI is InChI=1S/C33H57N3O4/c1-2-3-4-5-6-7-8-9-10-11-12-13-14-15-16-19-22-34-32(38)31-21-18-17-20-30(31)29-40-33(39)36-25-23-35(24-26-36)27-28-37/h17-18,20-21,37H,2-16,19,22-29H2,1H3,(H,34,38). The van der Waals surface area contributed by atoms with Crippen molar-refractivity contribution in [1.82, 2.24) is 15.1 Å². The van der Waals surface area contributed by atoms with E-state index < -0.39 is 0 Å². The molecular weight excluding hydrogens is 502 g/mol. The fourth-order valence-electron chi connectivity index (χ4n) is 5.36. The van der Waals surface area contributed by atoms with E-state index in [1.54, 1.807) is 11.0 Å². The van der Waals surface area contributed by atoms with Crippen molar-refractivity contribution < 1.29 is 19.4 Å². The molecule has 1 aliphatic heterocycles. The number of nitrogens with zero attached hydrogens (tertiary/aromatic N) is 2. The Balaban J connectivity index is 1.49. The number of hydrogen-bond acceptors (Lipinski definition) is 5. The topological polar surface area (TPSA) is 82.1 Å². The van der Waals surface area contributed by atoms with Crippen LogP contribution < -0.4 is 5.32 Å². The Hall–Kier alpha value is -2.12. The van der Waals surface area contributed by atoms with Crippen LogP contribution in [-0.2, 0) is 11.3 Å². The molecule has 0 saturated carbocycles. The van der Waals surface area contributed by atoms with Gasteiger partial charge in [-0.3, -0.25) is 9.69 Å². The third-order valence-electron chi connectivity index (χ3n) is 7.98. The number of β-amino-alcohol motifs (C(OH)–C–C–N with tert-alkyl or cyclic N) is 1. The van der Waals surface area contributed by atoms with Gasteiger partial charge in [-0.15, -0.1) is 0 Å². The van der Waals surface area contributed by atoms with Crippen molar-refractivity contribution in [2.75, 3.05) is 45.9 Å². The monoisotopic (exact) mass is 559 g/mol. The average Bonchev–Trinajstić information content (AvgIpc) is 2.98. The van der Waals surface area contributed by atoms with Crippen molar-refractivity contribution >= 4 is 12.0 Å². The van der Waals surface area contributed by atoms with Gasteiger partial charge in [-0.2, -0.15) is 0 Å². The van der Waals surface area contributed by atoms with Crippen LogP contribution in [0, 0.1) is 0 Å². The number of hydrogen-bond donors (Lipinski definition) is 2. The number of amides is 2. The predicted octanol–water partition coefficient (Wildman–Crippen LogP) is 6.92. The third kappa shape index (κ3) is 15.0. The minimum Gasteiger partial charge on any atom is -0.445 e. The van der Waals surface area contributed by atoms with Crippen molar-refractivity contribution in [3.05, 3.63) is 35.4 Å². The number of ether oxygens (including phenoxy) is 1. The maximum absolute atomic E-state index is 12.8. The van der Waals surface area contributed by atoms with Crippen molar-refractivity contribution in [3.63, 3.8) is 0 Å². The number of rotatable bonds is 22. The van der Waals surface area contributed by atoms with Crippen LogP contribution in [-0.4, -0.2) is 72.8 Å². The van der Waals surface area contributed by atoms with E-state index in [1.165, 1.54) is 89.9 Å². The Kier molecular flexibility index (Phi) is 19.2. The molecule has 1 aromatic carbocycles. The van der Waals surface area contributed by atoms with Gasteiger partial charge >= 0.3 is 6.09 Å². The van der Waals surface area contributed by atoms with Gasteiger partial charge in [0.1, 0.15) is 6.61 Å². The molecule has 2 N–H and O–H groups in total. The second-order valence-electron chi connectivity index (χ2n) is 11.3. The molecule has 2 amide bonds. The number of aliphatic hydroxyl groups excluding tert-OH is 1. The van der Waals surface area contributed by atoms with Crippen LogP contribution in [0.5, 0.6) is 0 Å². The van der Waals surface area contributed by atoms with Crippen LogP contribution in [0.1, 0.15) is 126 Å². The first-order chi connectivity index (χ1) is 19.7. The van der Waals surface area contributed by atoms with E-state index in [-0.39, 0.29) is 25.2 Å². The molecule has 0 bridgehead atoms. The minimum absolute atomic E-state index is 0.0817. The lowest BCUT2D eigenvalue weighted by Gasteiger charge is -2.33.